The molecule has 0 saturated heterocycles. The Hall–Kier alpha value is -1.79. The van der Waals surface area contributed by atoms with E-state index in [1.165, 1.54) is 25.0 Å². The van der Waals surface area contributed by atoms with Crippen LogP contribution in [-0.4, -0.2) is 15.9 Å². The minimum absolute atomic E-state index is 0.0680. The van der Waals surface area contributed by atoms with Crippen LogP contribution in [0, 0.1) is 0 Å². The number of benzene rings is 1. The predicted molar refractivity (Wildman–Crippen MR) is 74.7 cm³/mol. The van der Waals surface area contributed by atoms with Gasteiger partial charge in [-0.2, -0.15) is 0 Å². The normalized spacial score (nSPS) is 10.2. The SMILES string of the molecule is CC(=O)Nc1ccc(Sc2nc[nH]c(=O)c2Cl)cc1. The largest absolute Gasteiger partial charge is 0.326 e. The quantitative estimate of drug-likeness (QED) is 0.853. The highest BCUT2D eigenvalue weighted by Crippen LogP contribution is 2.29. The minimum Gasteiger partial charge on any atom is -0.326 e. The van der Waals surface area contributed by atoms with E-state index in [0.717, 1.165) is 4.90 Å². The van der Waals surface area contributed by atoms with Gasteiger partial charge in [-0.05, 0) is 24.3 Å². The van der Waals surface area contributed by atoms with E-state index >= 15 is 0 Å². The maximum absolute atomic E-state index is 11.3. The van der Waals surface area contributed by atoms with Gasteiger partial charge >= 0.3 is 0 Å². The fourth-order valence-corrected chi connectivity index (χ4v) is 2.36. The molecule has 0 fully saturated rings. The van der Waals surface area contributed by atoms with Gasteiger partial charge < -0.3 is 10.3 Å². The molecule has 0 aliphatic heterocycles. The van der Waals surface area contributed by atoms with Gasteiger partial charge in [0.2, 0.25) is 5.91 Å². The van der Waals surface area contributed by atoms with Crippen molar-refractivity contribution in [3.05, 3.63) is 46.0 Å². The lowest BCUT2D eigenvalue weighted by Gasteiger charge is -2.04. The van der Waals surface area contributed by atoms with Crippen LogP contribution < -0.4 is 10.9 Å². The number of carbonyl (C=O) groups excluding carboxylic acids is 1. The summed E-state index contributed by atoms with van der Waals surface area (Å²) in [6, 6.07) is 7.17. The maximum atomic E-state index is 11.3. The summed E-state index contributed by atoms with van der Waals surface area (Å²) in [5, 5.41) is 3.18. The second-order valence-corrected chi connectivity index (χ2v) is 5.10. The van der Waals surface area contributed by atoms with Gasteiger partial charge in [0.1, 0.15) is 10.0 Å². The number of aromatic amines is 1. The molecule has 0 bridgehead atoms. The molecule has 0 aliphatic carbocycles. The Morgan fingerprint density at radius 1 is 1.37 bits per heavy atom. The number of rotatable bonds is 3. The summed E-state index contributed by atoms with van der Waals surface area (Å²) in [5.41, 5.74) is 0.343. The standard InChI is InChI=1S/C12H10ClN3O2S/c1-7(17)16-8-2-4-9(5-3-8)19-12-10(13)11(18)14-6-15-12/h2-6H,1H3,(H,16,17)(H,14,15,18). The number of nitrogens with zero attached hydrogens (tertiary/aromatic N) is 1. The monoisotopic (exact) mass is 295 g/mol. The molecular weight excluding hydrogens is 286 g/mol. The first-order valence-electron chi connectivity index (χ1n) is 5.35. The first-order valence-corrected chi connectivity index (χ1v) is 6.54. The van der Waals surface area contributed by atoms with Gasteiger partial charge in [0.15, 0.2) is 0 Å². The van der Waals surface area contributed by atoms with Crippen LogP contribution in [-0.2, 0) is 4.79 Å². The molecule has 98 valence electrons. The van der Waals surface area contributed by atoms with Crippen LogP contribution >= 0.6 is 23.4 Å². The zero-order chi connectivity index (χ0) is 13.8. The third-order valence-electron chi connectivity index (χ3n) is 2.15. The summed E-state index contributed by atoms with van der Waals surface area (Å²) < 4.78 is 0. The van der Waals surface area contributed by atoms with Crippen LogP contribution in [0.15, 0.2) is 45.3 Å². The molecule has 5 nitrogen and oxygen atoms in total. The molecule has 0 radical (unpaired) electrons. The minimum atomic E-state index is -0.367. The number of anilines is 1. The Balaban J connectivity index is 2.17. The van der Waals surface area contributed by atoms with Crippen molar-refractivity contribution in [3.63, 3.8) is 0 Å². The van der Waals surface area contributed by atoms with Crippen LogP contribution in [0.1, 0.15) is 6.92 Å². The summed E-state index contributed by atoms with van der Waals surface area (Å²) in [6.07, 6.45) is 1.31. The van der Waals surface area contributed by atoms with Crippen molar-refractivity contribution in [2.24, 2.45) is 0 Å². The summed E-state index contributed by atoms with van der Waals surface area (Å²) in [7, 11) is 0. The van der Waals surface area contributed by atoms with E-state index in [-0.39, 0.29) is 16.5 Å². The van der Waals surface area contributed by atoms with Gasteiger partial charge in [0.25, 0.3) is 5.56 Å². The Morgan fingerprint density at radius 3 is 2.68 bits per heavy atom. The van der Waals surface area contributed by atoms with Gasteiger partial charge in [-0.15, -0.1) is 0 Å². The lowest BCUT2D eigenvalue weighted by molar-refractivity contribution is -0.114. The molecule has 1 aromatic carbocycles. The number of aromatic nitrogens is 2. The first kappa shape index (κ1) is 13.6. The van der Waals surface area contributed by atoms with Crippen molar-refractivity contribution >= 4 is 35.0 Å². The van der Waals surface area contributed by atoms with Crippen LogP contribution in [0.25, 0.3) is 0 Å². The Bertz CT molecular complexity index is 655. The number of nitrogens with one attached hydrogen (secondary N) is 2. The van der Waals surface area contributed by atoms with Crippen molar-refractivity contribution in [1.82, 2.24) is 9.97 Å². The Labute approximate surface area is 118 Å². The van der Waals surface area contributed by atoms with Crippen molar-refractivity contribution < 1.29 is 4.79 Å². The van der Waals surface area contributed by atoms with E-state index in [1.807, 2.05) is 12.1 Å². The molecule has 1 aromatic heterocycles. The molecule has 7 heteroatoms. The lowest BCUT2D eigenvalue weighted by atomic mass is 10.3. The van der Waals surface area contributed by atoms with E-state index in [9.17, 15) is 9.59 Å². The highest BCUT2D eigenvalue weighted by atomic mass is 35.5. The highest BCUT2D eigenvalue weighted by molar-refractivity contribution is 7.99. The molecule has 2 aromatic rings. The van der Waals surface area contributed by atoms with E-state index in [4.69, 9.17) is 11.6 Å². The van der Waals surface area contributed by atoms with Gasteiger partial charge in [0.05, 0.1) is 6.33 Å². The number of carbonyl (C=O) groups is 1. The lowest BCUT2D eigenvalue weighted by Crippen LogP contribution is -2.07. The smallest absolute Gasteiger partial charge is 0.270 e. The molecular formula is C12H10ClN3O2S. The van der Waals surface area contributed by atoms with Gasteiger partial charge in [-0.25, -0.2) is 4.98 Å². The third kappa shape index (κ3) is 3.59. The molecule has 0 atom stereocenters. The number of hydrogen-bond acceptors (Lipinski definition) is 4. The Kier molecular flexibility index (Phi) is 4.24. The van der Waals surface area contributed by atoms with Crippen molar-refractivity contribution in [2.45, 2.75) is 16.8 Å². The first-order chi connectivity index (χ1) is 9.06. The predicted octanol–water partition coefficient (Wildman–Crippen LogP) is 2.53. The van der Waals surface area contributed by atoms with Crippen molar-refractivity contribution in [3.8, 4) is 0 Å². The molecule has 2 N–H and O–H groups in total. The zero-order valence-electron chi connectivity index (χ0n) is 9.94. The second-order valence-electron chi connectivity index (χ2n) is 3.66. The molecule has 0 saturated carbocycles. The molecule has 0 unspecified atom stereocenters. The van der Waals surface area contributed by atoms with Crippen molar-refractivity contribution in [1.29, 1.82) is 0 Å². The van der Waals surface area contributed by atoms with Gasteiger partial charge in [0, 0.05) is 17.5 Å². The molecule has 19 heavy (non-hydrogen) atoms. The number of H-pyrrole nitrogens is 1. The fraction of sp³-hybridized carbons (Fsp3) is 0.0833. The molecule has 0 aliphatic rings. The summed E-state index contributed by atoms with van der Waals surface area (Å²) in [5.74, 6) is -0.125. The summed E-state index contributed by atoms with van der Waals surface area (Å²) >= 11 is 7.14. The number of amides is 1. The second kappa shape index (κ2) is 5.90. The van der Waals surface area contributed by atoms with E-state index in [0.29, 0.717) is 10.7 Å². The van der Waals surface area contributed by atoms with Gasteiger partial charge in [-0.1, -0.05) is 23.4 Å². The van der Waals surface area contributed by atoms with Crippen LogP contribution in [0.3, 0.4) is 0 Å². The summed E-state index contributed by atoms with van der Waals surface area (Å²) in [6.45, 7) is 1.45. The van der Waals surface area contributed by atoms with Crippen LogP contribution in [0.5, 0.6) is 0 Å². The fourth-order valence-electron chi connectivity index (χ4n) is 1.36. The summed E-state index contributed by atoms with van der Waals surface area (Å²) in [4.78, 5) is 29.5. The zero-order valence-corrected chi connectivity index (χ0v) is 11.5. The van der Waals surface area contributed by atoms with Crippen molar-refractivity contribution in [2.75, 3.05) is 5.32 Å². The average Bonchev–Trinajstić information content (AvgIpc) is 2.37. The number of hydrogen-bond donors (Lipinski definition) is 2. The van der Waals surface area contributed by atoms with Crippen LogP contribution in [0.4, 0.5) is 5.69 Å². The van der Waals surface area contributed by atoms with Gasteiger partial charge in [-0.3, -0.25) is 9.59 Å². The topological polar surface area (TPSA) is 74.8 Å². The van der Waals surface area contributed by atoms with E-state index in [2.05, 4.69) is 15.3 Å². The van der Waals surface area contributed by atoms with Crippen LogP contribution in [0.2, 0.25) is 5.02 Å². The number of halogens is 1. The molecule has 2 rings (SSSR count). The molecule has 1 heterocycles. The van der Waals surface area contributed by atoms with E-state index in [1.54, 1.807) is 12.1 Å². The maximum Gasteiger partial charge on any atom is 0.270 e. The Morgan fingerprint density at radius 2 is 2.05 bits per heavy atom. The third-order valence-corrected chi connectivity index (χ3v) is 3.63. The van der Waals surface area contributed by atoms with E-state index < -0.39 is 0 Å². The average molecular weight is 296 g/mol. The molecule has 1 amide bonds. The highest BCUT2D eigenvalue weighted by Gasteiger charge is 2.07. The molecule has 0 spiro atoms.